The molecule has 3 heteroatoms. The molecular weight excluding hydrogens is 236 g/mol. The van der Waals surface area contributed by atoms with Gasteiger partial charge in [0.15, 0.2) is 0 Å². The average Bonchev–Trinajstić information content (AvgIpc) is 2.39. The monoisotopic (exact) mass is 260 g/mol. The number of hydrogen-bond donors (Lipinski definition) is 2. The maximum absolute atomic E-state index is 12.3. The zero-order valence-corrected chi connectivity index (χ0v) is 12.1. The van der Waals surface area contributed by atoms with Crippen molar-refractivity contribution in [3.8, 4) is 0 Å². The van der Waals surface area contributed by atoms with Gasteiger partial charge in [-0.2, -0.15) is 0 Å². The summed E-state index contributed by atoms with van der Waals surface area (Å²) in [5.41, 5.74) is 2.41. The van der Waals surface area contributed by atoms with Gasteiger partial charge in [0.05, 0.1) is 6.04 Å². The Labute approximate surface area is 115 Å². The van der Waals surface area contributed by atoms with E-state index in [0.29, 0.717) is 6.04 Å². The van der Waals surface area contributed by atoms with Crippen LogP contribution in [0.4, 0.5) is 0 Å². The molecule has 19 heavy (non-hydrogen) atoms. The molecule has 1 aromatic carbocycles. The molecule has 1 aliphatic heterocycles. The first-order valence-corrected chi connectivity index (χ1v) is 7.16. The molecule has 1 heterocycles. The van der Waals surface area contributed by atoms with Crippen molar-refractivity contribution in [2.75, 3.05) is 6.54 Å². The number of rotatable bonds is 3. The molecule has 3 nitrogen and oxygen atoms in total. The number of carbonyl (C=O) groups excluding carboxylic acids is 1. The van der Waals surface area contributed by atoms with E-state index in [1.54, 1.807) is 0 Å². The number of aryl methyl sites for hydroxylation is 1. The van der Waals surface area contributed by atoms with Crippen LogP contribution in [0.2, 0.25) is 0 Å². The van der Waals surface area contributed by atoms with Gasteiger partial charge in [-0.15, -0.1) is 0 Å². The van der Waals surface area contributed by atoms with E-state index in [9.17, 15) is 4.79 Å². The molecule has 1 amide bonds. The highest BCUT2D eigenvalue weighted by Gasteiger charge is 2.25. The highest BCUT2D eigenvalue weighted by Crippen LogP contribution is 2.19. The van der Waals surface area contributed by atoms with Crippen molar-refractivity contribution >= 4 is 5.91 Å². The Hall–Kier alpha value is -1.35. The molecule has 0 aliphatic carbocycles. The van der Waals surface area contributed by atoms with Crippen LogP contribution in [0.25, 0.3) is 0 Å². The highest BCUT2D eigenvalue weighted by atomic mass is 16.1. The van der Waals surface area contributed by atoms with E-state index in [4.69, 9.17) is 0 Å². The summed E-state index contributed by atoms with van der Waals surface area (Å²) in [7, 11) is 0. The van der Waals surface area contributed by atoms with Crippen LogP contribution < -0.4 is 10.6 Å². The molecule has 1 saturated heterocycles. The lowest BCUT2D eigenvalue weighted by molar-refractivity contribution is -0.126. The molecule has 3 atom stereocenters. The van der Waals surface area contributed by atoms with Crippen LogP contribution in [0.15, 0.2) is 24.3 Å². The van der Waals surface area contributed by atoms with Gasteiger partial charge in [0, 0.05) is 12.0 Å². The van der Waals surface area contributed by atoms with E-state index in [-0.39, 0.29) is 17.9 Å². The van der Waals surface area contributed by atoms with Crippen molar-refractivity contribution in [3.63, 3.8) is 0 Å². The Morgan fingerprint density at radius 1 is 1.37 bits per heavy atom. The predicted octanol–water partition coefficient (Wildman–Crippen LogP) is 2.56. The fourth-order valence-corrected chi connectivity index (χ4v) is 2.64. The molecule has 1 aliphatic rings. The highest BCUT2D eigenvalue weighted by molar-refractivity contribution is 5.79. The van der Waals surface area contributed by atoms with Crippen molar-refractivity contribution in [2.24, 2.45) is 5.92 Å². The summed E-state index contributed by atoms with van der Waals surface area (Å²) < 4.78 is 0. The first-order chi connectivity index (χ1) is 9.06. The van der Waals surface area contributed by atoms with Gasteiger partial charge >= 0.3 is 0 Å². The molecule has 2 N–H and O–H groups in total. The molecule has 0 saturated carbocycles. The average molecular weight is 260 g/mol. The van der Waals surface area contributed by atoms with E-state index in [0.717, 1.165) is 19.4 Å². The number of nitrogens with one attached hydrogen (secondary N) is 2. The molecule has 0 radical (unpaired) electrons. The van der Waals surface area contributed by atoms with Crippen LogP contribution in [0.1, 0.15) is 43.9 Å². The van der Waals surface area contributed by atoms with Crippen molar-refractivity contribution in [2.45, 2.75) is 45.7 Å². The molecule has 1 fully saturated rings. The minimum atomic E-state index is 0.0818. The Morgan fingerprint density at radius 2 is 2.05 bits per heavy atom. The third-order valence-corrected chi connectivity index (χ3v) is 3.93. The first-order valence-electron chi connectivity index (χ1n) is 7.16. The predicted molar refractivity (Wildman–Crippen MR) is 77.9 cm³/mol. The number of benzene rings is 1. The molecule has 1 unspecified atom stereocenters. The fourth-order valence-electron chi connectivity index (χ4n) is 2.64. The molecule has 0 spiro atoms. The van der Waals surface area contributed by atoms with Crippen LogP contribution in [0, 0.1) is 12.8 Å². The normalized spacial score (nSPS) is 24.8. The summed E-state index contributed by atoms with van der Waals surface area (Å²) in [6.07, 6.45) is 1.88. The summed E-state index contributed by atoms with van der Waals surface area (Å²) in [6.45, 7) is 7.21. The van der Waals surface area contributed by atoms with Crippen molar-refractivity contribution < 1.29 is 4.79 Å². The zero-order valence-electron chi connectivity index (χ0n) is 12.1. The molecule has 0 aromatic heterocycles. The summed E-state index contributed by atoms with van der Waals surface area (Å²) in [5.74, 6) is 0.352. The summed E-state index contributed by atoms with van der Waals surface area (Å²) in [6, 6.07) is 8.88. The van der Waals surface area contributed by atoms with Gasteiger partial charge < -0.3 is 10.6 Å². The van der Waals surface area contributed by atoms with Gasteiger partial charge in [0.2, 0.25) is 5.91 Å². The van der Waals surface area contributed by atoms with Gasteiger partial charge in [0.1, 0.15) is 0 Å². The van der Waals surface area contributed by atoms with Crippen molar-refractivity contribution in [3.05, 3.63) is 35.4 Å². The van der Waals surface area contributed by atoms with E-state index >= 15 is 0 Å². The molecular formula is C16H24N2O. The van der Waals surface area contributed by atoms with E-state index in [1.807, 2.05) is 6.92 Å². The van der Waals surface area contributed by atoms with Gasteiger partial charge in [-0.1, -0.05) is 29.8 Å². The van der Waals surface area contributed by atoms with E-state index in [2.05, 4.69) is 48.7 Å². The molecule has 2 rings (SSSR count). The lowest BCUT2D eigenvalue weighted by atomic mass is 9.92. The van der Waals surface area contributed by atoms with Gasteiger partial charge in [-0.3, -0.25) is 4.79 Å². The van der Waals surface area contributed by atoms with Gasteiger partial charge in [0.25, 0.3) is 0 Å². The van der Waals surface area contributed by atoms with Crippen molar-refractivity contribution in [1.29, 1.82) is 0 Å². The molecule has 1 aromatic rings. The van der Waals surface area contributed by atoms with E-state index < -0.39 is 0 Å². The Kier molecular flexibility index (Phi) is 4.59. The fraction of sp³-hybridized carbons (Fsp3) is 0.562. The largest absolute Gasteiger partial charge is 0.349 e. The maximum Gasteiger partial charge on any atom is 0.223 e. The number of piperidine rings is 1. The van der Waals surface area contributed by atoms with Crippen molar-refractivity contribution in [1.82, 2.24) is 10.6 Å². The van der Waals surface area contributed by atoms with Crippen LogP contribution in [0.5, 0.6) is 0 Å². The standard InChI is InChI=1S/C16H24N2O/c1-11-4-6-14(7-5-11)13(3)18-16(19)15-8-9-17-12(2)10-15/h4-7,12-13,15,17H,8-10H2,1-3H3,(H,18,19)/t12-,13?,15-/m0/s1. The van der Waals surface area contributed by atoms with Crippen LogP contribution >= 0.6 is 0 Å². The molecule has 104 valence electrons. The number of carbonyl (C=O) groups is 1. The van der Waals surface area contributed by atoms with E-state index in [1.165, 1.54) is 11.1 Å². The quantitative estimate of drug-likeness (QED) is 0.877. The summed E-state index contributed by atoms with van der Waals surface area (Å²) >= 11 is 0. The number of amides is 1. The number of hydrogen-bond acceptors (Lipinski definition) is 2. The lowest BCUT2D eigenvalue weighted by Crippen LogP contribution is -2.42. The van der Waals surface area contributed by atoms with Crippen LogP contribution in [-0.2, 0) is 4.79 Å². The minimum Gasteiger partial charge on any atom is -0.349 e. The second kappa shape index (κ2) is 6.20. The third-order valence-electron chi connectivity index (χ3n) is 3.93. The van der Waals surface area contributed by atoms with Crippen LogP contribution in [-0.4, -0.2) is 18.5 Å². The third kappa shape index (κ3) is 3.80. The van der Waals surface area contributed by atoms with Gasteiger partial charge in [-0.05, 0) is 45.7 Å². The SMILES string of the molecule is Cc1ccc(C(C)NC(=O)[C@H]2CCN[C@@H](C)C2)cc1. The Morgan fingerprint density at radius 3 is 2.68 bits per heavy atom. The first kappa shape index (κ1) is 14.1. The molecule has 0 bridgehead atoms. The Bertz CT molecular complexity index is 427. The zero-order chi connectivity index (χ0) is 13.8. The summed E-state index contributed by atoms with van der Waals surface area (Å²) in [5, 5.41) is 6.52. The smallest absolute Gasteiger partial charge is 0.223 e. The second-order valence-electron chi connectivity index (χ2n) is 5.72. The topological polar surface area (TPSA) is 41.1 Å². The Balaban J connectivity index is 1.92. The summed E-state index contributed by atoms with van der Waals surface area (Å²) in [4.78, 5) is 12.3. The minimum absolute atomic E-state index is 0.0818. The second-order valence-corrected chi connectivity index (χ2v) is 5.72. The maximum atomic E-state index is 12.3. The van der Waals surface area contributed by atoms with Gasteiger partial charge in [-0.25, -0.2) is 0 Å². The van der Waals surface area contributed by atoms with Crippen LogP contribution in [0.3, 0.4) is 0 Å². The lowest BCUT2D eigenvalue weighted by Gasteiger charge is -2.28.